The highest BCUT2D eigenvalue weighted by molar-refractivity contribution is 5.73. The lowest BCUT2D eigenvalue weighted by atomic mass is 9.87. The van der Waals surface area contributed by atoms with Gasteiger partial charge in [0.25, 0.3) is 0 Å². The van der Waals surface area contributed by atoms with Gasteiger partial charge in [0, 0.05) is 18.2 Å². The summed E-state index contributed by atoms with van der Waals surface area (Å²) in [6.07, 6.45) is 3.36. The molecule has 4 rings (SSSR count). The second kappa shape index (κ2) is 10.2. The number of hydrogen-bond donors (Lipinski definition) is 3. The molecular formula is C21H27F3N4O3. The Morgan fingerprint density at radius 1 is 1.13 bits per heavy atom. The van der Waals surface area contributed by atoms with Crippen LogP contribution in [0.4, 0.5) is 13.2 Å². The van der Waals surface area contributed by atoms with Crippen LogP contribution in [0.3, 0.4) is 0 Å². The normalized spacial score (nSPS) is 23.8. The number of carboxylic acids is 1. The van der Waals surface area contributed by atoms with E-state index in [0.29, 0.717) is 12.0 Å². The predicted molar refractivity (Wildman–Crippen MR) is 107 cm³/mol. The summed E-state index contributed by atoms with van der Waals surface area (Å²) in [6, 6.07) is 9.23. The number of aliphatic hydroxyl groups excluding tert-OH is 1. The van der Waals surface area contributed by atoms with Crippen LogP contribution in [0, 0.1) is 5.92 Å². The third kappa shape index (κ3) is 6.76. The van der Waals surface area contributed by atoms with Crippen molar-refractivity contribution in [3.8, 4) is 11.3 Å². The highest BCUT2D eigenvalue weighted by atomic mass is 19.4. The molecule has 3 N–H and O–H groups in total. The Kier molecular flexibility index (Phi) is 7.66. The zero-order valence-electron chi connectivity index (χ0n) is 17.1. The van der Waals surface area contributed by atoms with E-state index in [9.17, 15) is 18.3 Å². The lowest BCUT2D eigenvalue weighted by Crippen LogP contribution is -2.21. The second-order valence-electron chi connectivity index (χ2n) is 8.07. The fourth-order valence-corrected chi connectivity index (χ4v) is 3.97. The third-order valence-corrected chi connectivity index (χ3v) is 5.71. The number of nitrogens with zero attached hydrogens (tertiary/aromatic N) is 3. The van der Waals surface area contributed by atoms with Crippen molar-refractivity contribution in [3.63, 3.8) is 0 Å². The van der Waals surface area contributed by atoms with Gasteiger partial charge in [0.1, 0.15) is 5.69 Å². The zero-order valence-corrected chi connectivity index (χ0v) is 17.1. The van der Waals surface area contributed by atoms with Crippen molar-refractivity contribution in [2.75, 3.05) is 6.54 Å². The number of hydrogen-bond acceptors (Lipinski definition) is 5. The molecular weight excluding hydrogens is 413 g/mol. The molecule has 1 saturated carbocycles. The van der Waals surface area contributed by atoms with Crippen molar-refractivity contribution in [2.24, 2.45) is 5.92 Å². The van der Waals surface area contributed by atoms with Crippen LogP contribution in [-0.2, 0) is 11.3 Å². The largest absolute Gasteiger partial charge is 0.490 e. The predicted octanol–water partition coefficient (Wildman–Crippen LogP) is 3.55. The number of aromatic nitrogens is 3. The average Bonchev–Trinajstić information content (AvgIpc) is 3.42. The maximum absolute atomic E-state index is 10.6. The number of carbonyl (C=O) groups is 1. The molecule has 0 bridgehead atoms. The highest BCUT2D eigenvalue weighted by Gasteiger charge is 2.38. The summed E-state index contributed by atoms with van der Waals surface area (Å²) in [6.45, 7) is 2.03. The van der Waals surface area contributed by atoms with Crippen LogP contribution in [0.25, 0.3) is 11.3 Å². The highest BCUT2D eigenvalue weighted by Crippen LogP contribution is 2.27. The van der Waals surface area contributed by atoms with Crippen LogP contribution in [0.5, 0.6) is 0 Å². The number of alkyl halides is 3. The van der Waals surface area contributed by atoms with E-state index in [1.54, 1.807) is 0 Å². The van der Waals surface area contributed by atoms with Crippen LogP contribution in [0.15, 0.2) is 30.5 Å². The van der Waals surface area contributed by atoms with Gasteiger partial charge in [0.05, 0.1) is 12.3 Å². The van der Waals surface area contributed by atoms with Gasteiger partial charge in [-0.15, -0.1) is 5.10 Å². The first-order valence-electron chi connectivity index (χ1n) is 10.4. The minimum absolute atomic E-state index is 0.0968. The molecule has 1 aromatic carbocycles. The van der Waals surface area contributed by atoms with E-state index in [4.69, 9.17) is 9.90 Å². The van der Waals surface area contributed by atoms with E-state index >= 15 is 0 Å². The van der Waals surface area contributed by atoms with Gasteiger partial charge < -0.3 is 15.5 Å². The third-order valence-electron chi connectivity index (χ3n) is 5.71. The number of carboxylic acid groups (broad SMARTS) is 1. The maximum atomic E-state index is 10.6. The topological polar surface area (TPSA) is 100 Å². The molecule has 1 unspecified atom stereocenters. The molecule has 0 spiro atoms. The average molecular weight is 440 g/mol. The van der Waals surface area contributed by atoms with E-state index < -0.39 is 12.1 Å². The lowest BCUT2D eigenvalue weighted by Gasteiger charge is -2.24. The summed E-state index contributed by atoms with van der Waals surface area (Å²) < 4.78 is 33.7. The molecule has 1 aliphatic heterocycles. The molecule has 1 aromatic heterocycles. The van der Waals surface area contributed by atoms with Crippen LogP contribution < -0.4 is 5.32 Å². The van der Waals surface area contributed by atoms with Gasteiger partial charge in [-0.1, -0.05) is 29.5 Å². The lowest BCUT2D eigenvalue weighted by molar-refractivity contribution is -0.192. The molecule has 31 heavy (non-hydrogen) atoms. The van der Waals surface area contributed by atoms with Gasteiger partial charge >= 0.3 is 12.1 Å². The monoisotopic (exact) mass is 440 g/mol. The van der Waals surface area contributed by atoms with E-state index in [0.717, 1.165) is 50.0 Å². The molecule has 7 nitrogen and oxygen atoms in total. The standard InChI is InChI=1S/C19H26N4O.C2HF3O2/c24-17-9-3-14(4-10-17)12-23-13-19(21-22-23)16-7-5-15(6-8-16)18-2-1-11-20-18;3-2(4,5)1(6)7/h5-8,13-14,17-18,20,24H,1-4,9-12H2;(H,6,7). The van der Waals surface area contributed by atoms with Crippen LogP contribution in [-0.4, -0.2) is 50.0 Å². The van der Waals surface area contributed by atoms with Crippen molar-refractivity contribution in [3.05, 3.63) is 36.0 Å². The van der Waals surface area contributed by atoms with Crippen LogP contribution in [0.2, 0.25) is 0 Å². The Morgan fingerprint density at radius 3 is 2.32 bits per heavy atom. The fraction of sp³-hybridized carbons (Fsp3) is 0.571. The van der Waals surface area contributed by atoms with Gasteiger partial charge in [-0.3, -0.25) is 4.68 Å². The Morgan fingerprint density at radius 2 is 1.77 bits per heavy atom. The van der Waals surface area contributed by atoms with E-state index in [1.807, 2.05) is 10.9 Å². The van der Waals surface area contributed by atoms with Crippen LogP contribution in [0.1, 0.15) is 50.1 Å². The Labute approximate surface area is 178 Å². The summed E-state index contributed by atoms with van der Waals surface area (Å²) in [4.78, 5) is 8.90. The number of halogens is 3. The van der Waals surface area contributed by atoms with Gasteiger partial charge in [-0.05, 0) is 56.6 Å². The van der Waals surface area contributed by atoms with Gasteiger partial charge in [0.2, 0.25) is 0 Å². The molecule has 1 atom stereocenters. The first-order valence-corrected chi connectivity index (χ1v) is 10.4. The molecule has 10 heteroatoms. The summed E-state index contributed by atoms with van der Waals surface area (Å²) in [5, 5.41) is 28.9. The van der Waals surface area contributed by atoms with Gasteiger partial charge in [0.15, 0.2) is 0 Å². The van der Waals surface area contributed by atoms with Gasteiger partial charge in [-0.25, -0.2) is 4.79 Å². The SMILES string of the molecule is O=C(O)C(F)(F)F.OC1CCC(Cn2cc(-c3ccc(C4CCCN4)cc3)nn2)CC1. The number of rotatable bonds is 4. The molecule has 0 amide bonds. The van der Waals surface area contributed by atoms with Crippen molar-refractivity contribution < 1.29 is 28.2 Å². The summed E-state index contributed by atoms with van der Waals surface area (Å²) in [5.74, 6) is -2.15. The zero-order chi connectivity index (χ0) is 22.4. The molecule has 1 saturated heterocycles. The maximum Gasteiger partial charge on any atom is 0.490 e. The smallest absolute Gasteiger partial charge is 0.475 e. The minimum atomic E-state index is -5.08. The number of benzene rings is 1. The summed E-state index contributed by atoms with van der Waals surface area (Å²) in [7, 11) is 0. The molecule has 170 valence electrons. The number of nitrogens with one attached hydrogen (secondary N) is 1. The summed E-state index contributed by atoms with van der Waals surface area (Å²) >= 11 is 0. The summed E-state index contributed by atoms with van der Waals surface area (Å²) in [5.41, 5.74) is 3.43. The molecule has 2 aliphatic rings. The molecule has 1 aliphatic carbocycles. The van der Waals surface area contributed by atoms with Crippen molar-refractivity contribution in [1.29, 1.82) is 0 Å². The Balaban J connectivity index is 0.000000339. The molecule has 0 radical (unpaired) electrons. The Hall–Kier alpha value is -2.46. The molecule has 2 aromatic rings. The Bertz CT molecular complexity index is 840. The van der Waals surface area contributed by atoms with E-state index in [-0.39, 0.29) is 6.10 Å². The van der Waals surface area contributed by atoms with Crippen molar-refractivity contribution in [2.45, 2.75) is 63.4 Å². The number of aliphatic hydroxyl groups is 1. The first-order chi connectivity index (χ1) is 14.7. The second-order valence-corrected chi connectivity index (χ2v) is 8.07. The van der Waals surface area contributed by atoms with Gasteiger partial charge in [-0.2, -0.15) is 13.2 Å². The number of aliphatic carboxylic acids is 1. The quantitative estimate of drug-likeness (QED) is 0.672. The van der Waals surface area contributed by atoms with E-state index in [2.05, 4.69) is 39.9 Å². The minimum Gasteiger partial charge on any atom is -0.475 e. The molecule has 2 fully saturated rings. The fourth-order valence-electron chi connectivity index (χ4n) is 3.97. The van der Waals surface area contributed by atoms with E-state index in [1.165, 1.54) is 18.4 Å². The molecule has 2 heterocycles. The van der Waals surface area contributed by atoms with Crippen LogP contribution >= 0.6 is 0 Å². The first kappa shape index (κ1) is 23.2. The van der Waals surface area contributed by atoms with Crippen molar-refractivity contribution in [1.82, 2.24) is 20.3 Å². The van der Waals surface area contributed by atoms with Crippen molar-refractivity contribution >= 4 is 5.97 Å².